The van der Waals surface area contributed by atoms with Crippen LogP contribution in [0.25, 0.3) is 0 Å². The summed E-state index contributed by atoms with van der Waals surface area (Å²) in [7, 11) is 0. The molecule has 0 spiro atoms. The van der Waals surface area contributed by atoms with Gasteiger partial charge in [-0.15, -0.1) is 0 Å². The quantitative estimate of drug-likeness (QED) is 0.194. The molecule has 0 saturated carbocycles. The molecule has 12 nitrogen and oxygen atoms in total. The molecule has 140 valence electrons. The van der Waals surface area contributed by atoms with Crippen LogP contribution in [-0.2, 0) is 14.3 Å². The van der Waals surface area contributed by atoms with E-state index in [1.165, 1.54) is 0 Å². The summed E-state index contributed by atoms with van der Waals surface area (Å²) >= 11 is 0. The van der Waals surface area contributed by atoms with Gasteiger partial charge in [0.2, 0.25) is 0 Å². The Morgan fingerprint density at radius 2 is 1.42 bits per heavy atom. The van der Waals surface area contributed by atoms with Gasteiger partial charge in [0.05, 0.1) is 0 Å². The predicted octanol–water partition coefficient (Wildman–Crippen LogP) is -6.08. The minimum absolute atomic E-state index is 0.139. The first-order valence-corrected chi connectivity index (χ1v) is 6.82. The predicted molar refractivity (Wildman–Crippen MR) is 70.4 cm³/mol. The summed E-state index contributed by atoms with van der Waals surface area (Å²) in [6.07, 6.45) is -21.4. The number of aliphatic carboxylic acids is 1. The van der Waals surface area contributed by atoms with Gasteiger partial charge in [-0.25, -0.2) is 4.79 Å². The highest BCUT2D eigenvalue weighted by Crippen LogP contribution is 2.26. The van der Waals surface area contributed by atoms with E-state index in [-0.39, 0.29) is 6.29 Å². The Balaban J connectivity index is 2.93. The van der Waals surface area contributed by atoms with Crippen molar-refractivity contribution >= 4 is 12.3 Å². The SMILES string of the molecule is O=C[C@H](O)[C@@H](O)[C@@H](O)[C@H](O)C(O)C1O[C@H](C(=O)O)[C@@H](O)[C@H](O)[C@H]1O. The van der Waals surface area contributed by atoms with Crippen molar-refractivity contribution in [2.75, 3.05) is 0 Å². The van der Waals surface area contributed by atoms with Gasteiger partial charge in [-0.2, -0.15) is 0 Å². The van der Waals surface area contributed by atoms with E-state index >= 15 is 0 Å². The average Bonchev–Trinajstić information content (AvgIpc) is 2.56. The molecule has 1 aliphatic heterocycles. The maximum absolute atomic E-state index is 10.9. The monoisotopic (exact) mass is 356 g/mol. The third-order valence-corrected chi connectivity index (χ3v) is 3.77. The summed E-state index contributed by atoms with van der Waals surface area (Å²) in [4.78, 5) is 21.3. The molecule has 0 bridgehead atoms. The number of carbonyl (C=O) groups excluding carboxylic acids is 1. The Hall–Kier alpha value is -1.22. The number of aliphatic hydroxyl groups is 8. The Labute approximate surface area is 134 Å². The lowest BCUT2D eigenvalue weighted by molar-refractivity contribution is -0.259. The molecule has 10 atom stereocenters. The number of hydrogen-bond donors (Lipinski definition) is 9. The fraction of sp³-hybridized carbons (Fsp3) is 0.833. The van der Waals surface area contributed by atoms with Crippen molar-refractivity contribution in [1.82, 2.24) is 0 Å². The molecule has 0 aromatic rings. The second-order valence-electron chi connectivity index (χ2n) is 5.42. The Kier molecular flexibility index (Phi) is 7.15. The normalized spacial score (nSPS) is 37.1. The lowest BCUT2D eigenvalue weighted by Gasteiger charge is -2.42. The van der Waals surface area contributed by atoms with E-state index in [0.717, 1.165) is 0 Å². The zero-order chi connectivity index (χ0) is 18.8. The second-order valence-corrected chi connectivity index (χ2v) is 5.42. The summed E-state index contributed by atoms with van der Waals surface area (Å²) in [5.41, 5.74) is 0. The number of hydrogen-bond acceptors (Lipinski definition) is 11. The van der Waals surface area contributed by atoms with Crippen molar-refractivity contribution in [2.24, 2.45) is 0 Å². The van der Waals surface area contributed by atoms with Crippen LogP contribution in [0.3, 0.4) is 0 Å². The molecule has 1 fully saturated rings. The molecule has 1 saturated heterocycles. The zero-order valence-corrected chi connectivity index (χ0v) is 12.1. The minimum Gasteiger partial charge on any atom is -0.479 e. The van der Waals surface area contributed by atoms with Gasteiger partial charge in [0.25, 0.3) is 0 Å². The number of carbonyl (C=O) groups is 2. The first-order chi connectivity index (χ1) is 11.0. The van der Waals surface area contributed by atoms with Gasteiger partial charge in [0, 0.05) is 0 Å². The second kappa shape index (κ2) is 8.24. The Bertz CT molecular complexity index is 444. The third-order valence-electron chi connectivity index (χ3n) is 3.77. The fourth-order valence-electron chi connectivity index (χ4n) is 2.27. The Morgan fingerprint density at radius 3 is 1.88 bits per heavy atom. The number of carboxylic acid groups (broad SMARTS) is 1. The first kappa shape index (κ1) is 20.8. The number of aliphatic hydroxyl groups excluding tert-OH is 8. The summed E-state index contributed by atoms with van der Waals surface area (Å²) in [5, 5.41) is 85.6. The van der Waals surface area contributed by atoms with E-state index < -0.39 is 67.0 Å². The molecule has 9 N–H and O–H groups in total. The van der Waals surface area contributed by atoms with Crippen molar-refractivity contribution < 1.29 is 60.3 Å². The molecule has 1 aliphatic rings. The summed E-state index contributed by atoms with van der Waals surface area (Å²) in [6, 6.07) is 0. The molecule has 24 heavy (non-hydrogen) atoms. The highest BCUT2D eigenvalue weighted by molar-refractivity contribution is 5.73. The van der Waals surface area contributed by atoms with Crippen LogP contribution in [0.2, 0.25) is 0 Å². The van der Waals surface area contributed by atoms with E-state index in [0.29, 0.717) is 0 Å². The molecule has 12 heteroatoms. The van der Waals surface area contributed by atoms with Gasteiger partial charge in [-0.3, -0.25) is 0 Å². The largest absolute Gasteiger partial charge is 0.479 e. The van der Waals surface area contributed by atoms with Gasteiger partial charge in [0.15, 0.2) is 12.4 Å². The molecule has 0 radical (unpaired) electrons. The van der Waals surface area contributed by atoms with Gasteiger partial charge >= 0.3 is 5.97 Å². The number of ether oxygens (including phenoxy) is 1. The van der Waals surface area contributed by atoms with Gasteiger partial charge < -0.3 is 55.5 Å². The molecule has 0 aromatic heterocycles. The highest BCUT2D eigenvalue weighted by atomic mass is 16.6. The topological polar surface area (TPSA) is 225 Å². The molecule has 0 amide bonds. The van der Waals surface area contributed by atoms with Crippen LogP contribution in [0.15, 0.2) is 0 Å². The van der Waals surface area contributed by atoms with E-state index in [4.69, 9.17) is 14.9 Å². The standard InChI is InChI=1S/C12H20O12/c13-1-2(14)3(15)4(16)5(17)7(19)10-8(20)6(18)9(21)11(24-10)12(22)23/h1-11,14-21H,(H,22,23)/t2-,3+,4+,5-,6+,7?,8+,9-,10?,11-/m0/s1. The average molecular weight is 356 g/mol. The van der Waals surface area contributed by atoms with E-state index in [9.17, 15) is 45.3 Å². The van der Waals surface area contributed by atoms with Crippen molar-refractivity contribution in [3.05, 3.63) is 0 Å². The summed E-state index contributed by atoms with van der Waals surface area (Å²) < 4.78 is 4.75. The Morgan fingerprint density at radius 1 is 0.875 bits per heavy atom. The third kappa shape index (κ3) is 4.05. The molecule has 0 aliphatic carbocycles. The maximum Gasteiger partial charge on any atom is 0.335 e. The smallest absolute Gasteiger partial charge is 0.335 e. The van der Waals surface area contributed by atoms with E-state index in [1.54, 1.807) is 0 Å². The lowest BCUT2D eigenvalue weighted by atomic mass is 9.88. The van der Waals surface area contributed by atoms with Crippen molar-refractivity contribution in [2.45, 2.75) is 61.0 Å². The van der Waals surface area contributed by atoms with Crippen LogP contribution in [0.4, 0.5) is 0 Å². The van der Waals surface area contributed by atoms with Crippen molar-refractivity contribution in [3.8, 4) is 0 Å². The van der Waals surface area contributed by atoms with Crippen LogP contribution in [0.1, 0.15) is 0 Å². The number of carboxylic acids is 1. The number of aldehydes is 1. The molecule has 0 aromatic carbocycles. The van der Waals surface area contributed by atoms with Crippen LogP contribution < -0.4 is 0 Å². The van der Waals surface area contributed by atoms with E-state index in [2.05, 4.69) is 0 Å². The molecule has 1 rings (SSSR count). The van der Waals surface area contributed by atoms with Crippen LogP contribution in [0.5, 0.6) is 0 Å². The van der Waals surface area contributed by atoms with Crippen LogP contribution in [-0.4, -0.2) is 119 Å². The van der Waals surface area contributed by atoms with Crippen LogP contribution in [0, 0.1) is 0 Å². The van der Waals surface area contributed by atoms with Crippen molar-refractivity contribution in [1.29, 1.82) is 0 Å². The minimum atomic E-state index is -2.30. The van der Waals surface area contributed by atoms with Crippen LogP contribution >= 0.6 is 0 Å². The fourth-order valence-corrected chi connectivity index (χ4v) is 2.27. The lowest BCUT2D eigenvalue weighted by Crippen LogP contribution is -2.65. The van der Waals surface area contributed by atoms with E-state index in [1.807, 2.05) is 0 Å². The van der Waals surface area contributed by atoms with Crippen molar-refractivity contribution in [3.63, 3.8) is 0 Å². The molecule has 1 heterocycles. The summed E-state index contributed by atoms with van der Waals surface area (Å²) in [5.74, 6) is -1.72. The maximum atomic E-state index is 10.9. The van der Waals surface area contributed by atoms with Gasteiger partial charge in [-0.1, -0.05) is 0 Å². The first-order valence-electron chi connectivity index (χ1n) is 6.82. The molecular formula is C12H20O12. The number of rotatable bonds is 7. The molecular weight excluding hydrogens is 336 g/mol. The zero-order valence-electron chi connectivity index (χ0n) is 12.1. The van der Waals surface area contributed by atoms with Gasteiger partial charge in [0.1, 0.15) is 54.9 Å². The van der Waals surface area contributed by atoms with Gasteiger partial charge in [-0.05, 0) is 0 Å². The highest BCUT2D eigenvalue weighted by Gasteiger charge is 2.51. The summed E-state index contributed by atoms with van der Waals surface area (Å²) in [6.45, 7) is 0. The molecule has 2 unspecified atom stereocenters.